The lowest BCUT2D eigenvalue weighted by molar-refractivity contribution is -0.119. The maximum atomic E-state index is 13.0. The molecular weight excluding hydrogens is 325 g/mol. The van der Waals surface area contributed by atoms with Crippen LogP contribution in [0, 0.1) is 11.2 Å². The van der Waals surface area contributed by atoms with E-state index in [-0.39, 0.29) is 29.3 Å². The molecule has 6 nitrogen and oxygen atoms in total. The van der Waals surface area contributed by atoms with Crippen LogP contribution >= 0.6 is 0 Å². The van der Waals surface area contributed by atoms with Gasteiger partial charge in [0.2, 0.25) is 5.91 Å². The number of urea groups is 1. The Morgan fingerprint density at radius 3 is 2.60 bits per heavy atom. The molecule has 1 spiro atoms. The minimum absolute atomic E-state index is 0.0248. The lowest BCUT2D eigenvalue weighted by Gasteiger charge is -2.38. The highest BCUT2D eigenvalue weighted by atomic mass is 19.1. The standard InChI is InChI=1S/C18H24FN3O3/c1-25-15(13-2-4-14(19)5-3-13)11-20-17(24)22-8-6-18(7-9-22)10-16(23)21-12-18/h2-5,15H,6-12H2,1H3,(H,20,24)(H,21,23). The lowest BCUT2D eigenvalue weighted by Crippen LogP contribution is -2.48. The summed E-state index contributed by atoms with van der Waals surface area (Å²) >= 11 is 0. The molecule has 1 unspecified atom stereocenters. The molecule has 7 heteroatoms. The molecular formula is C18H24FN3O3. The van der Waals surface area contributed by atoms with Crippen molar-refractivity contribution in [3.05, 3.63) is 35.6 Å². The van der Waals surface area contributed by atoms with Gasteiger partial charge in [-0.25, -0.2) is 9.18 Å². The molecule has 2 aliphatic heterocycles. The smallest absolute Gasteiger partial charge is 0.317 e. The largest absolute Gasteiger partial charge is 0.375 e. The first-order valence-electron chi connectivity index (χ1n) is 8.59. The van der Waals surface area contributed by atoms with Crippen molar-refractivity contribution in [1.82, 2.24) is 15.5 Å². The highest BCUT2D eigenvalue weighted by Gasteiger charge is 2.41. The number of nitrogens with one attached hydrogen (secondary N) is 2. The van der Waals surface area contributed by atoms with Gasteiger partial charge in [0.15, 0.2) is 0 Å². The van der Waals surface area contributed by atoms with E-state index in [0.717, 1.165) is 24.9 Å². The Kier molecular flexibility index (Phi) is 5.22. The van der Waals surface area contributed by atoms with Crippen LogP contribution in [0.1, 0.15) is 30.9 Å². The van der Waals surface area contributed by atoms with E-state index in [1.807, 2.05) is 0 Å². The van der Waals surface area contributed by atoms with Crippen LogP contribution in [0.2, 0.25) is 0 Å². The normalized spacial score (nSPS) is 20.4. The van der Waals surface area contributed by atoms with Crippen molar-refractivity contribution in [3.63, 3.8) is 0 Å². The molecule has 0 radical (unpaired) electrons. The Morgan fingerprint density at radius 1 is 1.36 bits per heavy atom. The van der Waals surface area contributed by atoms with Gasteiger partial charge in [0, 0.05) is 39.7 Å². The SMILES string of the molecule is COC(CNC(=O)N1CCC2(CC1)CNC(=O)C2)c1ccc(F)cc1. The van der Waals surface area contributed by atoms with Crippen LogP contribution in [0.3, 0.4) is 0 Å². The van der Waals surface area contributed by atoms with Gasteiger partial charge in [0.25, 0.3) is 0 Å². The topological polar surface area (TPSA) is 70.7 Å². The number of nitrogens with zero attached hydrogens (tertiary/aromatic N) is 1. The fourth-order valence-electron chi connectivity index (χ4n) is 3.60. The molecule has 3 rings (SSSR count). The monoisotopic (exact) mass is 349 g/mol. The third-order valence-electron chi connectivity index (χ3n) is 5.27. The number of carbonyl (C=O) groups is 2. The predicted molar refractivity (Wildman–Crippen MR) is 90.4 cm³/mol. The fraction of sp³-hybridized carbons (Fsp3) is 0.556. The van der Waals surface area contributed by atoms with Crippen molar-refractivity contribution in [2.75, 3.05) is 33.3 Å². The molecule has 3 amide bonds. The third kappa shape index (κ3) is 4.10. The van der Waals surface area contributed by atoms with Gasteiger partial charge in [-0.05, 0) is 36.0 Å². The number of carbonyl (C=O) groups excluding carboxylic acids is 2. The summed E-state index contributed by atoms with van der Waals surface area (Å²) in [6.07, 6.45) is 1.92. The van der Waals surface area contributed by atoms with E-state index in [4.69, 9.17) is 4.74 Å². The highest BCUT2D eigenvalue weighted by Crippen LogP contribution is 2.37. The molecule has 0 bridgehead atoms. The summed E-state index contributed by atoms with van der Waals surface area (Å²) in [7, 11) is 1.56. The zero-order valence-corrected chi connectivity index (χ0v) is 14.4. The van der Waals surface area contributed by atoms with Crippen LogP contribution in [0.25, 0.3) is 0 Å². The Bertz CT molecular complexity index is 627. The average molecular weight is 349 g/mol. The van der Waals surface area contributed by atoms with E-state index >= 15 is 0 Å². The molecule has 2 aliphatic rings. The van der Waals surface area contributed by atoms with Crippen LogP contribution < -0.4 is 10.6 Å². The third-order valence-corrected chi connectivity index (χ3v) is 5.27. The first kappa shape index (κ1) is 17.7. The second kappa shape index (κ2) is 7.39. The minimum atomic E-state index is -0.322. The lowest BCUT2D eigenvalue weighted by atomic mass is 9.78. The molecule has 2 N–H and O–H groups in total. The van der Waals surface area contributed by atoms with Crippen molar-refractivity contribution in [2.45, 2.75) is 25.4 Å². The molecule has 1 atom stereocenters. The minimum Gasteiger partial charge on any atom is -0.375 e. The summed E-state index contributed by atoms with van der Waals surface area (Å²) < 4.78 is 18.4. The van der Waals surface area contributed by atoms with Gasteiger partial charge < -0.3 is 20.3 Å². The number of benzene rings is 1. The summed E-state index contributed by atoms with van der Waals surface area (Å²) in [5, 5.41) is 5.78. The summed E-state index contributed by atoms with van der Waals surface area (Å²) in [6.45, 7) is 2.34. The van der Waals surface area contributed by atoms with E-state index in [1.54, 1.807) is 24.1 Å². The number of amides is 3. The van der Waals surface area contributed by atoms with Gasteiger partial charge in [-0.1, -0.05) is 12.1 Å². The van der Waals surface area contributed by atoms with Crippen LogP contribution in [-0.2, 0) is 9.53 Å². The predicted octanol–water partition coefficient (Wildman–Crippen LogP) is 1.82. The van der Waals surface area contributed by atoms with Gasteiger partial charge >= 0.3 is 6.03 Å². The van der Waals surface area contributed by atoms with E-state index in [2.05, 4.69) is 10.6 Å². The number of piperidine rings is 1. The first-order valence-corrected chi connectivity index (χ1v) is 8.59. The number of halogens is 1. The fourth-order valence-corrected chi connectivity index (χ4v) is 3.60. The Balaban J connectivity index is 1.49. The van der Waals surface area contributed by atoms with Crippen LogP contribution in [0.5, 0.6) is 0 Å². The molecule has 1 aromatic rings. The van der Waals surface area contributed by atoms with E-state index in [9.17, 15) is 14.0 Å². The average Bonchev–Trinajstić information content (AvgIpc) is 2.97. The summed E-state index contributed by atoms with van der Waals surface area (Å²) in [5.41, 5.74) is 0.842. The van der Waals surface area contributed by atoms with Gasteiger partial charge in [-0.2, -0.15) is 0 Å². The van der Waals surface area contributed by atoms with Crippen molar-refractivity contribution < 1.29 is 18.7 Å². The number of hydrogen-bond donors (Lipinski definition) is 2. The molecule has 2 fully saturated rings. The number of likely N-dealkylation sites (tertiary alicyclic amines) is 1. The van der Waals surface area contributed by atoms with Gasteiger partial charge in [-0.3, -0.25) is 4.79 Å². The van der Waals surface area contributed by atoms with Gasteiger partial charge in [-0.15, -0.1) is 0 Å². The Morgan fingerprint density at radius 2 is 2.04 bits per heavy atom. The number of ether oxygens (including phenoxy) is 1. The molecule has 2 heterocycles. The van der Waals surface area contributed by atoms with Crippen molar-refractivity contribution >= 4 is 11.9 Å². The summed E-state index contributed by atoms with van der Waals surface area (Å²) in [4.78, 5) is 25.6. The number of rotatable bonds is 4. The summed E-state index contributed by atoms with van der Waals surface area (Å²) in [5.74, 6) is -0.190. The quantitative estimate of drug-likeness (QED) is 0.871. The molecule has 0 aliphatic carbocycles. The highest BCUT2D eigenvalue weighted by molar-refractivity contribution is 5.79. The van der Waals surface area contributed by atoms with Crippen molar-refractivity contribution in [3.8, 4) is 0 Å². The van der Waals surface area contributed by atoms with E-state index < -0.39 is 0 Å². The van der Waals surface area contributed by atoms with Crippen LogP contribution in [0.4, 0.5) is 9.18 Å². The van der Waals surface area contributed by atoms with Gasteiger partial charge in [0.05, 0.1) is 6.10 Å². The van der Waals surface area contributed by atoms with Crippen molar-refractivity contribution in [2.24, 2.45) is 5.41 Å². The maximum absolute atomic E-state index is 13.0. The van der Waals surface area contributed by atoms with Crippen LogP contribution in [0.15, 0.2) is 24.3 Å². The van der Waals surface area contributed by atoms with E-state index in [0.29, 0.717) is 26.1 Å². The van der Waals surface area contributed by atoms with Crippen molar-refractivity contribution in [1.29, 1.82) is 0 Å². The Hall–Kier alpha value is -2.15. The van der Waals surface area contributed by atoms with Gasteiger partial charge in [0.1, 0.15) is 5.82 Å². The number of methoxy groups -OCH3 is 1. The molecule has 0 aromatic heterocycles. The summed E-state index contributed by atoms with van der Waals surface area (Å²) in [6, 6.07) is 5.94. The molecule has 1 aromatic carbocycles. The maximum Gasteiger partial charge on any atom is 0.317 e. The zero-order valence-electron chi connectivity index (χ0n) is 14.4. The number of hydrogen-bond acceptors (Lipinski definition) is 3. The Labute approximate surface area is 146 Å². The molecule has 25 heavy (non-hydrogen) atoms. The first-order chi connectivity index (χ1) is 12.0. The second-order valence-electron chi connectivity index (χ2n) is 6.90. The molecule has 2 saturated heterocycles. The van der Waals surface area contributed by atoms with Crippen LogP contribution in [-0.4, -0.2) is 50.1 Å². The molecule has 0 saturated carbocycles. The van der Waals surface area contributed by atoms with E-state index in [1.165, 1.54) is 12.1 Å². The second-order valence-corrected chi connectivity index (χ2v) is 6.90. The zero-order chi connectivity index (χ0) is 17.9. The molecule has 136 valence electrons.